The molecular weight excluding hydrogens is 291 g/mol. The molecule has 0 aromatic heterocycles. The molecule has 1 rings (SSSR count). The number of ether oxygens (including phenoxy) is 2. The lowest BCUT2D eigenvalue weighted by Gasteiger charge is -2.07. The fourth-order valence-corrected chi connectivity index (χ4v) is 1.73. The number of benzene rings is 1. The molecule has 0 unspecified atom stereocenters. The van der Waals surface area contributed by atoms with Gasteiger partial charge in [0.25, 0.3) is 0 Å². The van der Waals surface area contributed by atoms with Crippen LogP contribution in [0.15, 0.2) is 16.6 Å². The second-order valence-corrected chi connectivity index (χ2v) is 4.18. The van der Waals surface area contributed by atoms with E-state index in [1.807, 2.05) is 0 Å². The Kier molecular flexibility index (Phi) is 5.02. The second kappa shape index (κ2) is 5.81. The lowest BCUT2D eigenvalue weighted by molar-refractivity contribution is 0.146. The summed E-state index contributed by atoms with van der Waals surface area (Å²) in [4.78, 5) is 0. The van der Waals surface area contributed by atoms with Gasteiger partial charge in [-0.3, -0.25) is 0 Å². The number of methoxy groups -OCH3 is 1. The van der Waals surface area contributed by atoms with Crippen LogP contribution in [0.2, 0.25) is 10.0 Å². The van der Waals surface area contributed by atoms with Gasteiger partial charge in [0.15, 0.2) is 0 Å². The third kappa shape index (κ3) is 3.31. The first-order chi connectivity index (χ1) is 6.65. The van der Waals surface area contributed by atoms with E-state index in [0.717, 1.165) is 4.47 Å². The van der Waals surface area contributed by atoms with Crippen molar-refractivity contribution < 1.29 is 9.47 Å². The quantitative estimate of drug-likeness (QED) is 0.622. The van der Waals surface area contributed by atoms with Crippen molar-refractivity contribution in [2.75, 3.05) is 20.3 Å². The van der Waals surface area contributed by atoms with Crippen LogP contribution in [-0.2, 0) is 4.74 Å². The Morgan fingerprint density at radius 2 is 2.00 bits per heavy atom. The van der Waals surface area contributed by atoms with Crippen LogP contribution in [0.4, 0.5) is 0 Å². The number of hydrogen-bond donors (Lipinski definition) is 0. The molecule has 0 aliphatic carbocycles. The highest BCUT2D eigenvalue weighted by molar-refractivity contribution is 9.10. The van der Waals surface area contributed by atoms with Crippen LogP contribution in [0.1, 0.15) is 0 Å². The van der Waals surface area contributed by atoms with Crippen molar-refractivity contribution in [1.82, 2.24) is 0 Å². The van der Waals surface area contributed by atoms with Gasteiger partial charge < -0.3 is 9.47 Å². The number of rotatable bonds is 4. The first kappa shape index (κ1) is 12.1. The van der Waals surface area contributed by atoms with E-state index >= 15 is 0 Å². The average Bonchev–Trinajstić information content (AvgIpc) is 2.14. The Labute approximate surface area is 101 Å². The van der Waals surface area contributed by atoms with Crippen molar-refractivity contribution in [3.63, 3.8) is 0 Å². The van der Waals surface area contributed by atoms with Crippen molar-refractivity contribution in [3.8, 4) is 5.75 Å². The molecule has 0 aliphatic heterocycles. The van der Waals surface area contributed by atoms with Crippen LogP contribution in [0.3, 0.4) is 0 Å². The standard InChI is InChI=1S/C9H9BrCl2O2/c1-13-2-3-14-6-4-7(10)9(12)8(11)5-6/h4-5H,2-3H2,1H3. The van der Waals surface area contributed by atoms with Crippen LogP contribution in [0, 0.1) is 0 Å². The number of halogens is 3. The summed E-state index contributed by atoms with van der Waals surface area (Å²) in [6.07, 6.45) is 0. The molecule has 0 amide bonds. The SMILES string of the molecule is COCCOc1cc(Cl)c(Cl)c(Br)c1. The Morgan fingerprint density at radius 1 is 1.29 bits per heavy atom. The molecule has 0 atom stereocenters. The summed E-state index contributed by atoms with van der Waals surface area (Å²) < 4.78 is 10.9. The Morgan fingerprint density at radius 3 is 2.57 bits per heavy atom. The molecule has 5 heteroatoms. The van der Waals surface area contributed by atoms with Gasteiger partial charge in [-0.05, 0) is 22.0 Å². The molecule has 78 valence electrons. The van der Waals surface area contributed by atoms with Crippen molar-refractivity contribution in [1.29, 1.82) is 0 Å². The summed E-state index contributed by atoms with van der Waals surface area (Å²) in [6, 6.07) is 3.44. The molecule has 14 heavy (non-hydrogen) atoms. The first-order valence-electron chi connectivity index (χ1n) is 3.91. The first-order valence-corrected chi connectivity index (χ1v) is 5.46. The summed E-state index contributed by atoms with van der Waals surface area (Å²) in [7, 11) is 1.62. The molecule has 0 aliphatic rings. The van der Waals surface area contributed by atoms with Crippen LogP contribution in [0.5, 0.6) is 5.75 Å². The van der Waals surface area contributed by atoms with Crippen LogP contribution in [-0.4, -0.2) is 20.3 Å². The minimum atomic E-state index is 0.466. The Balaban J connectivity index is 2.69. The van der Waals surface area contributed by atoms with E-state index in [4.69, 9.17) is 32.7 Å². The van der Waals surface area contributed by atoms with Gasteiger partial charge in [-0.25, -0.2) is 0 Å². The maximum atomic E-state index is 5.86. The molecule has 0 saturated heterocycles. The van der Waals surface area contributed by atoms with E-state index in [2.05, 4.69) is 15.9 Å². The predicted octanol–water partition coefficient (Wildman–Crippen LogP) is 3.78. The van der Waals surface area contributed by atoms with Crippen LogP contribution in [0.25, 0.3) is 0 Å². The molecular formula is C9H9BrCl2O2. The lowest BCUT2D eigenvalue weighted by Crippen LogP contribution is -2.04. The summed E-state index contributed by atoms with van der Waals surface area (Å²) in [5.74, 6) is 0.670. The van der Waals surface area contributed by atoms with Crippen molar-refractivity contribution in [2.45, 2.75) is 0 Å². The van der Waals surface area contributed by atoms with Gasteiger partial charge in [-0.2, -0.15) is 0 Å². The maximum absolute atomic E-state index is 5.86. The third-order valence-electron chi connectivity index (χ3n) is 1.51. The molecule has 1 aromatic carbocycles. The van der Waals surface area contributed by atoms with Gasteiger partial charge in [0.05, 0.1) is 16.7 Å². The summed E-state index contributed by atoms with van der Waals surface area (Å²) in [6.45, 7) is 1.03. The van der Waals surface area contributed by atoms with Crippen LogP contribution >= 0.6 is 39.1 Å². The third-order valence-corrected chi connectivity index (χ3v) is 3.17. The van der Waals surface area contributed by atoms with E-state index in [0.29, 0.717) is 29.0 Å². The van der Waals surface area contributed by atoms with E-state index in [1.165, 1.54) is 0 Å². The van der Waals surface area contributed by atoms with Crippen LogP contribution < -0.4 is 4.74 Å². The minimum absolute atomic E-state index is 0.466. The molecule has 0 heterocycles. The van der Waals surface area contributed by atoms with Gasteiger partial charge in [0.1, 0.15) is 12.4 Å². The zero-order chi connectivity index (χ0) is 10.6. The van der Waals surface area contributed by atoms with Gasteiger partial charge in [-0.1, -0.05) is 23.2 Å². The van der Waals surface area contributed by atoms with E-state index in [9.17, 15) is 0 Å². The molecule has 0 radical (unpaired) electrons. The highest BCUT2D eigenvalue weighted by atomic mass is 79.9. The molecule has 1 aromatic rings. The number of hydrogen-bond acceptors (Lipinski definition) is 2. The van der Waals surface area contributed by atoms with E-state index in [-0.39, 0.29) is 0 Å². The van der Waals surface area contributed by atoms with Crippen molar-refractivity contribution >= 4 is 39.1 Å². The van der Waals surface area contributed by atoms with Gasteiger partial charge in [0.2, 0.25) is 0 Å². The molecule has 0 bridgehead atoms. The molecule has 2 nitrogen and oxygen atoms in total. The van der Waals surface area contributed by atoms with E-state index in [1.54, 1.807) is 19.2 Å². The lowest BCUT2D eigenvalue weighted by atomic mass is 10.3. The largest absolute Gasteiger partial charge is 0.491 e. The second-order valence-electron chi connectivity index (χ2n) is 2.54. The maximum Gasteiger partial charge on any atom is 0.122 e. The fourth-order valence-electron chi connectivity index (χ4n) is 0.858. The fraction of sp³-hybridized carbons (Fsp3) is 0.333. The Bertz CT molecular complexity index is 295. The predicted molar refractivity (Wildman–Crippen MR) is 61.5 cm³/mol. The monoisotopic (exact) mass is 298 g/mol. The highest BCUT2D eigenvalue weighted by Crippen LogP contribution is 2.34. The smallest absolute Gasteiger partial charge is 0.122 e. The molecule has 0 fully saturated rings. The molecule has 0 N–H and O–H groups in total. The minimum Gasteiger partial charge on any atom is -0.491 e. The van der Waals surface area contributed by atoms with Gasteiger partial charge in [-0.15, -0.1) is 0 Å². The molecule has 0 saturated carbocycles. The average molecular weight is 300 g/mol. The molecule has 0 spiro atoms. The highest BCUT2D eigenvalue weighted by Gasteiger charge is 2.05. The van der Waals surface area contributed by atoms with Crippen molar-refractivity contribution in [3.05, 3.63) is 26.7 Å². The summed E-state index contributed by atoms with van der Waals surface area (Å²) >= 11 is 15.0. The Hall–Kier alpha value is 0.0400. The zero-order valence-electron chi connectivity index (χ0n) is 7.52. The normalized spacial score (nSPS) is 10.3. The van der Waals surface area contributed by atoms with Crippen molar-refractivity contribution in [2.24, 2.45) is 0 Å². The van der Waals surface area contributed by atoms with E-state index < -0.39 is 0 Å². The van der Waals surface area contributed by atoms with Gasteiger partial charge in [0, 0.05) is 17.6 Å². The summed E-state index contributed by atoms with van der Waals surface area (Å²) in [5, 5.41) is 0.958. The topological polar surface area (TPSA) is 18.5 Å². The summed E-state index contributed by atoms with van der Waals surface area (Å²) in [5.41, 5.74) is 0. The van der Waals surface area contributed by atoms with Gasteiger partial charge >= 0.3 is 0 Å². The zero-order valence-corrected chi connectivity index (χ0v) is 10.6.